The summed E-state index contributed by atoms with van der Waals surface area (Å²) in [4.78, 5) is 19.9. The van der Waals surface area contributed by atoms with E-state index in [0.717, 1.165) is 32.1 Å². The Labute approximate surface area is 138 Å². The van der Waals surface area contributed by atoms with E-state index in [1.165, 1.54) is 11.1 Å². The molecule has 4 nitrogen and oxygen atoms in total. The van der Waals surface area contributed by atoms with Gasteiger partial charge < -0.3 is 15.1 Å². The van der Waals surface area contributed by atoms with Crippen molar-refractivity contribution in [2.24, 2.45) is 5.92 Å². The van der Waals surface area contributed by atoms with Crippen LogP contribution < -0.4 is 5.32 Å². The van der Waals surface area contributed by atoms with Crippen molar-refractivity contribution in [3.63, 3.8) is 0 Å². The average molecular weight is 337 g/mol. The standard InChI is InChI=1S/C18H28NO3P/c1-14-9-11-18(12-10-14,23(20,21)22)19-13-16-7-4-6-15-5-2-3-8-17(15)16/h2-3,5,8,14,16,19H,4,6-7,9-13H2,1H3,(H2,20,21,22). The van der Waals surface area contributed by atoms with E-state index in [1.807, 2.05) is 0 Å². The lowest BCUT2D eigenvalue weighted by atomic mass is 9.82. The first kappa shape index (κ1) is 17.2. The third-order valence-corrected chi connectivity index (χ3v) is 7.55. The fourth-order valence-electron chi connectivity index (χ4n) is 4.19. The van der Waals surface area contributed by atoms with E-state index < -0.39 is 12.9 Å². The zero-order chi connectivity index (χ0) is 16.5. The van der Waals surface area contributed by atoms with Crippen molar-refractivity contribution in [2.45, 2.75) is 63.1 Å². The lowest BCUT2D eigenvalue weighted by Gasteiger charge is -2.41. The van der Waals surface area contributed by atoms with Crippen LogP contribution in [0.25, 0.3) is 0 Å². The molecule has 1 unspecified atom stereocenters. The van der Waals surface area contributed by atoms with Crippen molar-refractivity contribution in [3.05, 3.63) is 35.4 Å². The summed E-state index contributed by atoms with van der Waals surface area (Å²) in [6.45, 7) is 2.83. The molecule has 0 saturated heterocycles. The molecular weight excluding hydrogens is 309 g/mol. The second-order valence-electron chi connectivity index (χ2n) is 7.43. The van der Waals surface area contributed by atoms with E-state index in [4.69, 9.17) is 0 Å². The average Bonchev–Trinajstić information content (AvgIpc) is 2.53. The third-order valence-electron chi connectivity index (χ3n) is 5.83. The van der Waals surface area contributed by atoms with Gasteiger partial charge in [0.25, 0.3) is 0 Å². The largest absolute Gasteiger partial charge is 0.345 e. The Morgan fingerprint density at radius 3 is 2.61 bits per heavy atom. The van der Waals surface area contributed by atoms with Gasteiger partial charge in [-0.25, -0.2) is 0 Å². The molecule has 3 N–H and O–H groups in total. The molecule has 1 fully saturated rings. The topological polar surface area (TPSA) is 69.6 Å². The lowest BCUT2D eigenvalue weighted by molar-refractivity contribution is 0.214. The van der Waals surface area contributed by atoms with Gasteiger partial charge in [-0.3, -0.25) is 4.57 Å². The second kappa shape index (κ2) is 6.68. The van der Waals surface area contributed by atoms with Gasteiger partial charge in [-0.05, 0) is 67.9 Å². The van der Waals surface area contributed by atoms with Crippen LogP contribution in [0.4, 0.5) is 0 Å². The Kier molecular flexibility index (Phi) is 4.98. The molecular formula is C18H28NO3P. The summed E-state index contributed by atoms with van der Waals surface area (Å²) >= 11 is 0. The van der Waals surface area contributed by atoms with Crippen LogP contribution in [-0.4, -0.2) is 21.6 Å². The molecule has 2 aliphatic carbocycles. The Morgan fingerprint density at radius 2 is 1.91 bits per heavy atom. The number of benzene rings is 1. The van der Waals surface area contributed by atoms with Crippen LogP contribution in [0.15, 0.2) is 24.3 Å². The van der Waals surface area contributed by atoms with Gasteiger partial charge in [-0.1, -0.05) is 31.2 Å². The highest BCUT2D eigenvalue weighted by atomic mass is 31.2. The van der Waals surface area contributed by atoms with Gasteiger partial charge in [0.15, 0.2) is 0 Å². The number of rotatable bonds is 4. The van der Waals surface area contributed by atoms with Crippen LogP contribution in [0, 0.1) is 5.92 Å². The van der Waals surface area contributed by atoms with Crippen LogP contribution >= 0.6 is 7.60 Å². The second-order valence-corrected chi connectivity index (χ2v) is 9.37. The summed E-state index contributed by atoms with van der Waals surface area (Å²) in [6, 6.07) is 8.50. The van der Waals surface area contributed by atoms with Gasteiger partial charge in [0.05, 0.1) is 0 Å². The summed E-state index contributed by atoms with van der Waals surface area (Å²) in [6.07, 6.45) is 6.30. The first-order valence-corrected chi connectivity index (χ1v) is 10.4. The van der Waals surface area contributed by atoms with Crippen LogP contribution in [0.5, 0.6) is 0 Å². The van der Waals surface area contributed by atoms with Crippen LogP contribution in [0.2, 0.25) is 0 Å². The van der Waals surface area contributed by atoms with Crippen molar-refractivity contribution in [3.8, 4) is 0 Å². The van der Waals surface area contributed by atoms with E-state index in [2.05, 4.69) is 36.5 Å². The lowest BCUT2D eigenvalue weighted by Crippen LogP contribution is -2.49. The monoisotopic (exact) mass is 337 g/mol. The van der Waals surface area contributed by atoms with Crippen molar-refractivity contribution in [1.29, 1.82) is 0 Å². The molecule has 0 amide bonds. The van der Waals surface area contributed by atoms with Crippen molar-refractivity contribution >= 4 is 7.60 Å². The predicted octanol–water partition coefficient (Wildman–Crippen LogP) is 3.78. The summed E-state index contributed by atoms with van der Waals surface area (Å²) in [5, 5.41) is 2.34. The molecule has 128 valence electrons. The smallest absolute Gasteiger partial charge is 0.323 e. The molecule has 1 saturated carbocycles. The molecule has 1 aromatic carbocycles. The van der Waals surface area contributed by atoms with E-state index in [9.17, 15) is 14.4 Å². The van der Waals surface area contributed by atoms with Crippen molar-refractivity contribution in [2.75, 3.05) is 6.54 Å². The van der Waals surface area contributed by atoms with Crippen LogP contribution in [0.1, 0.15) is 62.5 Å². The number of hydrogen-bond donors (Lipinski definition) is 3. The molecule has 1 aromatic rings. The van der Waals surface area contributed by atoms with Crippen LogP contribution in [0.3, 0.4) is 0 Å². The van der Waals surface area contributed by atoms with E-state index in [-0.39, 0.29) is 0 Å². The summed E-state index contributed by atoms with van der Waals surface area (Å²) in [5.41, 5.74) is 2.75. The highest BCUT2D eigenvalue weighted by molar-refractivity contribution is 7.53. The Morgan fingerprint density at radius 1 is 1.22 bits per heavy atom. The summed E-state index contributed by atoms with van der Waals surface area (Å²) in [5.74, 6) is 0.926. The minimum Gasteiger partial charge on any atom is -0.323 e. The zero-order valence-corrected chi connectivity index (χ0v) is 14.8. The molecule has 23 heavy (non-hydrogen) atoms. The quantitative estimate of drug-likeness (QED) is 0.731. The molecule has 2 aliphatic rings. The number of aryl methyl sites for hydroxylation is 1. The maximum atomic E-state index is 12.2. The Hall–Kier alpha value is -0.670. The van der Waals surface area contributed by atoms with Gasteiger partial charge in [0.1, 0.15) is 5.28 Å². The minimum absolute atomic E-state index is 0.364. The number of nitrogens with one attached hydrogen (secondary N) is 1. The molecule has 0 spiro atoms. The van der Waals surface area contributed by atoms with E-state index in [0.29, 0.717) is 31.2 Å². The fraction of sp³-hybridized carbons (Fsp3) is 0.667. The molecule has 1 atom stereocenters. The zero-order valence-electron chi connectivity index (χ0n) is 13.9. The number of hydrogen-bond acceptors (Lipinski definition) is 2. The Bertz CT molecular complexity index is 590. The predicted molar refractivity (Wildman–Crippen MR) is 92.5 cm³/mol. The van der Waals surface area contributed by atoms with Crippen LogP contribution in [-0.2, 0) is 11.0 Å². The van der Waals surface area contributed by atoms with Crippen molar-refractivity contribution < 1.29 is 14.4 Å². The maximum Gasteiger partial charge on any atom is 0.345 e. The first-order valence-electron chi connectivity index (χ1n) is 8.80. The van der Waals surface area contributed by atoms with Gasteiger partial charge in [-0.2, -0.15) is 0 Å². The van der Waals surface area contributed by atoms with Gasteiger partial charge in [-0.15, -0.1) is 0 Å². The fourth-order valence-corrected chi connectivity index (χ4v) is 5.33. The molecule has 0 aromatic heterocycles. The molecule has 0 radical (unpaired) electrons. The first-order chi connectivity index (χ1) is 10.9. The molecule has 5 heteroatoms. The molecule has 0 aliphatic heterocycles. The van der Waals surface area contributed by atoms with Gasteiger partial charge >= 0.3 is 7.60 Å². The van der Waals surface area contributed by atoms with E-state index >= 15 is 0 Å². The van der Waals surface area contributed by atoms with E-state index in [1.54, 1.807) is 0 Å². The highest BCUT2D eigenvalue weighted by Gasteiger charge is 2.48. The summed E-state index contributed by atoms with van der Waals surface area (Å²) in [7, 11) is -4.16. The Balaban J connectivity index is 1.74. The van der Waals surface area contributed by atoms with Gasteiger partial charge in [0, 0.05) is 6.54 Å². The summed E-state index contributed by atoms with van der Waals surface area (Å²) < 4.78 is 12.2. The maximum absolute atomic E-state index is 12.2. The van der Waals surface area contributed by atoms with Crippen molar-refractivity contribution in [1.82, 2.24) is 5.32 Å². The highest BCUT2D eigenvalue weighted by Crippen LogP contribution is 2.56. The SMILES string of the molecule is CC1CCC(NCC2CCCc3ccccc32)(P(=O)(O)O)CC1. The molecule has 0 bridgehead atoms. The normalized spacial score (nSPS) is 31.6. The third kappa shape index (κ3) is 3.56. The minimum atomic E-state index is -4.16. The number of fused-ring (bicyclic) bond motifs is 1. The van der Waals surface area contributed by atoms with Gasteiger partial charge in [0.2, 0.25) is 0 Å². The molecule has 0 heterocycles. The molecule has 3 rings (SSSR count).